The molecular weight excluding hydrogens is 440 g/mol. The average Bonchev–Trinajstić information content (AvgIpc) is 3.27. The van der Waals surface area contributed by atoms with E-state index in [-0.39, 0.29) is 29.2 Å². The molecule has 2 N–H and O–H groups in total. The van der Waals surface area contributed by atoms with Crippen LogP contribution in [-0.2, 0) is 20.2 Å². The molecule has 0 unspecified atom stereocenters. The van der Waals surface area contributed by atoms with Crippen LogP contribution in [0.3, 0.4) is 0 Å². The second kappa shape index (κ2) is 9.73. The van der Waals surface area contributed by atoms with E-state index in [4.69, 9.17) is 9.47 Å². The summed E-state index contributed by atoms with van der Waals surface area (Å²) in [5.74, 6) is 1.36. The summed E-state index contributed by atoms with van der Waals surface area (Å²) in [6.07, 6.45) is 4.29. The third kappa shape index (κ3) is 5.33. The number of ether oxygens (including phenoxy) is 2. The van der Waals surface area contributed by atoms with E-state index in [1.807, 2.05) is 25.1 Å². The molecule has 2 aromatic carbocycles. The maximum Gasteiger partial charge on any atom is 0.240 e. The molecule has 1 aliphatic heterocycles. The van der Waals surface area contributed by atoms with Crippen LogP contribution in [0, 0.1) is 13.8 Å². The highest BCUT2D eigenvalue weighted by Crippen LogP contribution is 2.43. The predicted molar refractivity (Wildman–Crippen MR) is 126 cm³/mol. The van der Waals surface area contributed by atoms with Crippen LogP contribution < -0.4 is 19.5 Å². The summed E-state index contributed by atoms with van der Waals surface area (Å²) in [5, 5.41) is 3.04. The Hall–Kier alpha value is -2.58. The van der Waals surface area contributed by atoms with Crippen LogP contribution in [-0.4, -0.2) is 40.6 Å². The lowest BCUT2D eigenvalue weighted by atomic mass is 9.78. The number of amides is 1. The van der Waals surface area contributed by atoms with Crippen molar-refractivity contribution in [3.8, 4) is 11.5 Å². The quantitative estimate of drug-likeness (QED) is 0.614. The molecule has 0 saturated heterocycles. The first-order valence-corrected chi connectivity index (χ1v) is 13.0. The van der Waals surface area contributed by atoms with Gasteiger partial charge in [-0.15, -0.1) is 0 Å². The first-order chi connectivity index (χ1) is 15.8. The molecule has 8 heteroatoms. The van der Waals surface area contributed by atoms with Gasteiger partial charge >= 0.3 is 0 Å². The first-order valence-electron chi connectivity index (χ1n) is 11.5. The van der Waals surface area contributed by atoms with Crippen molar-refractivity contribution >= 4 is 15.9 Å². The fourth-order valence-electron chi connectivity index (χ4n) is 4.83. The SMILES string of the molecule is Cc1ccc(S(=O)(=O)NCCC(=O)NCC2(c3ccc4c(c3)OCCO4)CCCC2)c(C)c1. The number of sulfonamides is 1. The van der Waals surface area contributed by atoms with Gasteiger partial charge in [0.1, 0.15) is 13.2 Å². The third-order valence-corrected chi connectivity index (χ3v) is 8.22. The smallest absolute Gasteiger partial charge is 0.240 e. The number of aryl methyl sites for hydroxylation is 2. The molecule has 1 fully saturated rings. The highest BCUT2D eigenvalue weighted by atomic mass is 32.2. The zero-order chi connectivity index (χ0) is 23.5. The zero-order valence-corrected chi connectivity index (χ0v) is 20.1. The molecule has 0 aromatic heterocycles. The highest BCUT2D eigenvalue weighted by Gasteiger charge is 2.36. The van der Waals surface area contributed by atoms with Crippen molar-refractivity contribution in [2.24, 2.45) is 0 Å². The summed E-state index contributed by atoms with van der Waals surface area (Å²) in [7, 11) is -3.65. The maximum absolute atomic E-state index is 12.6. The van der Waals surface area contributed by atoms with Gasteiger partial charge in [-0.25, -0.2) is 13.1 Å². The Morgan fingerprint density at radius 1 is 1.00 bits per heavy atom. The largest absolute Gasteiger partial charge is 0.486 e. The molecule has 0 bridgehead atoms. The number of hydrogen-bond acceptors (Lipinski definition) is 5. The lowest BCUT2D eigenvalue weighted by molar-refractivity contribution is -0.121. The summed E-state index contributed by atoms with van der Waals surface area (Å²) in [5.41, 5.74) is 2.71. The Morgan fingerprint density at radius 2 is 1.73 bits per heavy atom. The van der Waals surface area contributed by atoms with Crippen LogP contribution in [0.1, 0.15) is 48.8 Å². The number of carbonyl (C=O) groups is 1. The van der Waals surface area contributed by atoms with Crippen molar-refractivity contribution in [1.82, 2.24) is 10.0 Å². The molecule has 1 saturated carbocycles. The van der Waals surface area contributed by atoms with E-state index >= 15 is 0 Å². The van der Waals surface area contributed by atoms with Crippen LogP contribution in [0.5, 0.6) is 11.5 Å². The summed E-state index contributed by atoms with van der Waals surface area (Å²) in [6.45, 7) is 5.36. The van der Waals surface area contributed by atoms with Gasteiger partial charge < -0.3 is 14.8 Å². The molecule has 2 aromatic rings. The number of fused-ring (bicyclic) bond motifs is 1. The molecule has 178 valence electrons. The molecule has 7 nitrogen and oxygen atoms in total. The van der Waals surface area contributed by atoms with Crippen LogP contribution in [0.2, 0.25) is 0 Å². The van der Waals surface area contributed by atoms with Gasteiger partial charge in [-0.2, -0.15) is 0 Å². The minimum absolute atomic E-state index is 0.0541. The van der Waals surface area contributed by atoms with E-state index in [9.17, 15) is 13.2 Å². The van der Waals surface area contributed by atoms with E-state index in [2.05, 4.69) is 16.1 Å². The van der Waals surface area contributed by atoms with Gasteiger partial charge in [0.05, 0.1) is 4.90 Å². The fourth-order valence-corrected chi connectivity index (χ4v) is 6.08. The lowest BCUT2D eigenvalue weighted by Gasteiger charge is -2.31. The van der Waals surface area contributed by atoms with Crippen molar-refractivity contribution in [3.63, 3.8) is 0 Å². The van der Waals surface area contributed by atoms with Crippen molar-refractivity contribution in [1.29, 1.82) is 0 Å². The summed E-state index contributed by atoms with van der Waals surface area (Å²) in [4.78, 5) is 12.8. The highest BCUT2D eigenvalue weighted by molar-refractivity contribution is 7.89. The van der Waals surface area contributed by atoms with Gasteiger partial charge in [0.25, 0.3) is 0 Å². The molecule has 1 aliphatic carbocycles. The molecule has 0 spiro atoms. The van der Waals surface area contributed by atoms with Crippen molar-refractivity contribution < 1.29 is 22.7 Å². The topological polar surface area (TPSA) is 93.7 Å². The van der Waals surface area contributed by atoms with Crippen LogP contribution in [0.4, 0.5) is 0 Å². The number of benzene rings is 2. The Kier molecular flexibility index (Phi) is 6.95. The van der Waals surface area contributed by atoms with E-state index in [0.29, 0.717) is 25.3 Å². The number of carbonyl (C=O) groups excluding carboxylic acids is 1. The Morgan fingerprint density at radius 3 is 2.45 bits per heavy atom. The minimum atomic E-state index is -3.65. The van der Waals surface area contributed by atoms with Gasteiger partial charge in [0, 0.05) is 24.9 Å². The van der Waals surface area contributed by atoms with E-state index in [0.717, 1.165) is 48.3 Å². The molecule has 1 heterocycles. The standard InChI is InChI=1S/C25H32N2O5S/c1-18-5-8-23(19(2)15-18)33(29,30)27-12-9-24(28)26-17-25(10-3-4-11-25)20-6-7-21-22(16-20)32-14-13-31-21/h5-8,15-16,27H,3-4,9-14,17H2,1-2H3,(H,26,28). The van der Waals surface area contributed by atoms with E-state index in [1.54, 1.807) is 19.1 Å². The van der Waals surface area contributed by atoms with Crippen molar-refractivity contribution in [2.75, 3.05) is 26.3 Å². The number of nitrogens with one attached hydrogen (secondary N) is 2. The van der Waals surface area contributed by atoms with Gasteiger partial charge in [-0.05, 0) is 56.0 Å². The summed E-state index contributed by atoms with van der Waals surface area (Å²) >= 11 is 0. The molecule has 0 atom stereocenters. The molecule has 1 amide bonds. The molecule has 0 radical (unpaired) electrons. The summed E-state index contributed by atoms with van der Waals surface area (Å²) < 4.78 is 39.1. The van der Waals surface area contributed by atoms with Crippen molar-refractivity contribution in [2.45, 2.75) is 56.3 Å². The van der Waals surface area contributed by atoms with E-state index in [1.165, 1.54) is 0 Å². The molecule has 2 aliphatic rings. The minimum Gasteiger partial charge on any atom is -0.486 e. The van der Waals surface area contributed by atoms with Crippen LogP contribution in [0.25, 0.3) is 0 Å². The Labute approximate surface area is 195 Å². The average molecular weight is 473 g/mol. The number of rotatable bonds is 8. The van der Waals surface area contributed by atoms with Crippen LogP contribution in [0.15, 0.2) is 41.3 Å². The summed E-state index contributed by atoms with van der Waals surface area (Å²) in [6, 6.07) is 11.3. The van der Waals surface area contributed by atoms with Gasteiger partial charge in [-0.1, -0.05) is 36.6 Å². The van der Waals surface area contributed by atoms with Gasteiger partial charge in [0.2, 0.25) is 15.9 Å². The fraction of sp³-hybridized carbons (Fsp3) is 0.480. The second-order valence-electron chi connectivity index (χ2n) is 9.04. The molecular formula is C25H32N2O5S. The second-order valence-corrected chi connectivity index (χ2v) is 10.8. The maximum atomic E-state index is 12.6. The van der Waals surface area contributed by atoms with Crippen LogP contribution >= 0.6 is 0 Å². The Balaban J connectivity index is 1.34. The third-order valence-electron chi connectivity index (χ3n) is 6.60. The van der Waals surface area contributed by atoms with Gasteiger partial charge in [0.15, 0.2) is 11.5 Å². The predicted octanol–water partition coefficient (Wildman–Crippen LogP) is 3.37. The normalized spacial score (nSPS) is 17.0. The zero-order valence-electron chi connectivity index (χ0n) is 19.3. The lowest BCUT2D eigenvalue weighted by Crippen LogP contribution is -2.40. The molecule has 33 heavy (non-hydrogen) atoms. The number of hydrogen-bond donors (Lipinski definition) is 2. The van der Waals surface area contributed by atoms with Crippen molar-refractivity contribution in [3.05, 3.63) is 53.1 Å². The first kappa shape index (κ1) is 23.6. The molecule has 4 rings (SSSR count). The van der Waals surface area contributed by atoms with E-state index < -0.39 is 10.0 Å². The monoisotopic (exact) mass is 472 g/mol. The van der Waals surface area contributed by atoms with Gasteiger partial charge in [-0.3, -0.25) is 4.79 Å². The Bertz CT molecular complexity index is 1120.